The number of nitrogens with two attached hydrogens (primary N) is 2. The minimum Gasteiger partial charge on any atom is -0.465 e. The van der Waals surface area contributed by atoms with E-state index in [1.54, 1.807) is 34.0 Å². The summed E-state index contributed by atoms with van der Waals surface area (Å²) in [5.41, 5.74) is 14.2. The molecule has 0 spiro atoms. The largest absolute Gasteiger partial charge is 0.465 e. The fraction of sp³-hybridized carbons (Fsp3) is 0.250. The number of nitrogen functional groups attached to an aromatic ring is 2. The summed E-state index contributed by atoms with van der Waals surface area (Å²) < 4.78 is 10.1. The number of Topliss-reactive ketones (excluding diaryl/α,β-unsaturated/α-hetero) is 1. The van der Waals surface area contributed by atoms with Crippen molar-refractivity contribution >= 4 is 46.4 Å². The highest BCUT2D eigenvalue weighted by Gasteiger charge is 2.21. The third kappa shape index (κ3) is 5.15. The molecule has 0 aliphatic rings. The van der Waals surface area contributed by atoms with Crippen LogP contribution in [-0.2, 0) is 18.8 Å². The maximum absolute atomic E-state index is 12.0. The van der Waals surface area contributed by atoms with Crippen LogP contribution in [0.3, 0.4) is 0 Å². The van der Waals surface area contributed by atoms with Crippen molar-refractivity contribution in [1.82, 2.24) is 49.1 Å². The number of aromatic nitrogens is 10. The molecule has 0 saturated heterocycles. The molecule has 5 heterocycles. The fourth-order valence-corrected chi connectivity index (χ4v) is 4.04. The molecule has 226 valence electrons. The first-order valence-corrected chi connectivity index (χ1v) is 12.7. The van der Waals surface area contributed by atoms with Crippen molar-refractivity contribution in [1.29, 1.82) is 0 Å². The minimum absolute atomic E-state index is 0.0775. The Morgan fingerprint density at radius 3 is 2.02 bits per heavy atom. The molecule has 20 heteroatoms. The van der Waals surface area contributed by atoms with Gasteiger partial charge in [-0.15, -0.1) is 20.5 Å². The average Bonchev–Trinajstić information content (AvgIpc) is 3.74. The Kier molecular flexibility index (Phi) is 7.73. The third-order valence-electron chi connectivity index (χ3n) is 6.32. The van der Waals surface area contributed by atoms with E-state index in [2.05, 4.69) is 50.8 Å². The lowest BCUT2D eigenvalue weighted by molar-refractivity contribution is 0.0601. The second kappa shape index (κ2) is 11.6. The number of nitrogens with zero attached hydrogens (tertiary/aromatic N) is 14. The molecule has 0 unspecified atom stereocenters. The standard InChI is InChI=1S/C24H26N16O4/c1-11-17(31-33-21-13(15(42)10-41)8-28-37(21)3)19(25)39(35-11)16-6-7-27-24(30-16)40-20(26)18(12(2)36-40)32-34-22-14(23(43)44-5)9-29-38(22)4/h6-9,41H,10,25-26H2,1-5H3/b33-31+,34-32+. The van der Waals surface area contributed by atoms with Gasteiger partial charge in [0.25, 0.3) is 5.95 Å². The van der Waals surface area contributed by atoms with E-state index >= 15 is 0 Å². The molecule has 5 N–H and O–H groups in total. The molecule has 0 aromatic carbocycles. The predicted molar refractivity (Wildman–Crippen MR) is 152 cm³/mol. The fourth-order valence-electron chi connectivity index (χ4n) is 4.04. The summed E-state index contributed by atoms with van der Waals surface area (Å²) in [5.74, 6) is -0.338. The first-order chi connectivity index (χ1) is 21.0. The predicted octanol–water partition coefficient (Wildman–Crippen LogP) is 1.89. The summed E-state index contributed by atoms with van der Waals surface area (Å²) in [6.45, 7) is 2.64. The topological polar surface area (TPSA) is 262 Å². The number of hydrogen-bond acceptors (Lipinski definition) is 16. The molecule has 0 aliphatic heterocycles. The van der Waals surface area contributed by atoms with Gasteiger partial charge in [-0.2, -0.15) is 34.7 Å². The number of ketones is 1. The van der Waals surface area contributed by atoms with E-state index in [0.717, 1.165) is 0 Å². The normalized spacial score (nSPS) is 11.7. The summed E-state index contributed by atoms with van der Waals surface area (Å²) in [6.07, 6.45) is 4.08. The van der Waals surface area contributed by atoms with Crippen LogP contribution in [0, 0.1) is 13.8 Å². The Morgan fingerprint density at radius 2 is 1.43 bits per heavy atom. The van der Waals surface area contributed by atoms with Gasteiger partial charge >= 0.3 is 5.97 Å². The molecule has 0 bridgehead atoms. The second-order valence-corrected chi connectivity index (χ2v) is 9.16. The van der Waals surface area contributed by atoms with Crippen LogP contribution in [0.25, 0.3) is 11.8 Å². The molecule has 0 radical (unpaired) electrons. The highest BCUT2D eigenvalue weighted by Crippen LogP contribution is 2.33. The number of carbonyl (C=O) groups excluding carboxylic acids is 2. The van der Waals surface area contributed by atoms with Crippen molar-refractivity contribution in [3.8, 4) is 11.8 Å². The number of carbonyl (C=O) groups is 2. The van der Waals surface area contributed by atoms with Gasteiger partial charge in [0.15, 0.2) is 46.2 Å². The Balaban J connectivity index is 1.47. The van der Waals surface area contributed by atoms with Crippen LogP contribution in [-0.4, -0.2) is 79.7 Å². The van der Waals surface area contributed by atoms with Gasteiger partial charge in [-0.1, -0.05) is 0 Å². The van der Waals surface area contributed by atoms with Crippen molar-refractivity contribution in [2.45, 2.75) is 13.8 Å². The summed E-state index contributed by atoms with van der Waals surface area (Å²) in [5, 5.41) is 42.8. The molecular weight excluding hydrogens is 576 g/mol. The lowest BCUT2D eigenvalue weighted by atomic mass is 10.2. The van der Waals surface area contributed by atoms with Crippen LogP contribution in [0.1, 0.15) is 32.1 Å². The number of rotatable bonds is 9. The Hall–Kier alpha value is -6.18. The number of aryl methyl sites for hydroxylation is 4. The van der Waals surface area contributed by atoms with Crippen molar-refractivity contribution < 1.29 is 19.4 Å². The van der Waals surface area contributed by atoms with Crippen LogP contribution >= 0.6 is 0 Å². The summed E-state index contributed by atoms with van der Waals surface area (Å²) in [6, 6.07) is 1.57. The monoisotopic (exact) mass is 602 g/mol. The van der Waals surface area contributed by atoms with Gasteiger partial charge in [-0.25, -0.2) is 19.1 Å². The number of azo groups is 2. The number of hydrogen-bond donors (Lipinski definition) is 3. The molecule has 5 rings (SSSR count). The first kappa shape index (κ1) is 29.3. The van der Waals surface area contributed by atoms with E-state index in [9.17, 15) is 14.7 Å². The van der Waals surface area contributed by atoms with Crippen LogP contribution < -0.4 is 11.5 Å². The lowest BCUT2D eigenvalue weighted by Gasteiger charge is -2.06. The van der Waals surface area contributed by atoms with Crippen molar-refractivity contribution in [3.05, 3.63) is 47.2 Å². The SMILES string of the molecule is COC(=O)c1cnn(C)c1/N=N/c1c(C)nn(-c2nccc(-n3nc(C)c(/N=N/c4c(C(=O)CO)cnn4C)c3N)n2)c1N. The molecule has 5 aromatic rings. The zero-order valence-corrected chi connectivity index (χ0v) is 24.1. The number of methoxy groups -OCH3 is 1. The highest BCUT2D eigenvalue weighted by molar-refractivity contribution is 6.00. The average molecular weight is 603 g/mol. The van der Waals surface area contributed by atoms with Crippen molar-refractivity contribution in [2.75, 3.05) is 25.2 Å². The van der Waals surface area contributed by atoms with Crippen molar-refractivity contribution in [3.63, 3.8) is 0 Å². The van der Waals surface area contributed by atoms with Crippen LogP contribution in [0.4, 0.5) is 34.6 Å². The molecule has 44 heavy (non-hydrogen) atoms. The van der Waals surface area contributed by atoms with Gasteiger partial charge < -0.3 is 21.3 Å². The van der Waals surface area contributed by atoms with Gasteiger partial charge in [0.05, 0.1) is 36.5 Å². The maximum Gasteiger partial charge on any atom is 0.343 e. The van der Waals surface area contributed by atoms with E-state index in [-0.39, 0.29) is 57.5 Å². The van der Waals surface area contributed by atoms with E-state index in [1.807, 2.05) is 0 Å². The van der Waals surface area contributed by atoms with E-state index in [1.165, 1.54) is 44.4 Å². The Bertz CT molecular complexity index is 1820. The van der Waals surface area contributed by atoms with Gasteiger partial charge in [-0.05, 0) is 13.8 Å². The minimum atomic E-state index is -0.700. The number of ether oxygens (including phenoxy) is 1. The number of aliphatic hydroxyl groups excluding tert-OH is 1. The smallest absolute Gasteiger partial charge is 0.343 e. The highest BCUT2D eigenvalue weighted by atomic mass is 16.5. The second-order valence-electron chi connectivity index (χ2n) is 9.16. The zero-order valence-electron chi connectivity index (χ0n) is 24.1. The van der Waals surface area contributed by atoms with Gasteiger partial charge in [0.2, 0.25) is 0 Å². The van der Waals surface area contributed by atoms with Crippen molar-refractivity contribution in [2.24, 2.45) is 34.6 Å². The molecule has 0 fully saturated rings. The summed E-state index contributed by atoms with van der Waals surface area (Å²) >= 11 is 0. The molecule has 0 aliphatic carbocycles. The molecule has 0 atom stereocenters. The lowest BCUT2D eigenvalue weighted by Crippen LogP contribution is -2.10. The quantitative estimate of drug-likeness (QED) is 0.124. The van der Waals surface area contributed by atoms with E-state index < -0.39 is 18.4 Å². The zero-order chi connectivity index (χ0) is 31.7. The number of anilines is 2. The van der Waals surface area contributed by atoms with Gasteiger partial charge in [0.1, 0.15) is 12.2 Å². The number of esters is 1. The molecule has 20 nitrogen and oxygen atoms in total. The van der Waals surface area contributed by atoms with Gasteiger partial charge in [0, 0.05) is 26.4 Å². The summed E-state index contributed by atoms with van der Waals surface area (Å²) in [4.78, 5) is 32.9. The molecule has 0 amide bonds. The Morgan fingerprint density at radius 1 is 0.886 bits per heavy atom. The molecule has 5 aromatic heterocycles. The van der Waals surface area contributed by atoms with Crippen LogP contribution in [0.15, 0.2) is 45.1 Å². The Labute approximate surface area is 247 Å². The van der Waals surface area contributed by atoms with E-state index in [4.69, 9.17) is 16.2 Å². The van der Waals surface area contributed by atoms with E-state index in [0.29, 0.717) is 11.4 Å². The first-order valence-electron chi connectivity index (χ1n) is 12.7. The molecular formula is C24H26N16O4. The van der Waals surface area contributed by atoms with Gasteiger partial charge in [-0.3, -0.25) is 4.79 Å². The third-order valence-corrected chi connectivity index (χ3v) is 6.32. The maximum atomic E-state index is 12.0. The summed E-state index contributed by atoms with van der Waals surface area (Å²) in [7, 11) is 4.43. The molecule has 0 saturated carbocycles. The number of aliphatic hydroxyl groups is 1. The van der Waals surface area contributed by atoms with Crippen LogP contribution in [0.2, 0.25) is 0 Å². The van der Waals surface area contributed by atoms with Crippen LogP contribution in [0.5, 0.6) is 0 Å².